The molecule has 7 heteroatoms. The zero-order chi connectivity index (χ0) is 19.3. The van der Waals surface area contributed by atoms with Crippen molar-refractivity contribution in [3.63, 3.8) is 0 Å². The Kier molecular flexibility index (Phi) is 5.23. The van der Waals surface area contributed by atoms with E-state index in [9.17, 15) is 4.79 Å². The van der Waals surface area contributed by atoms with E-state index >= 15 is 0 Å². The van der Waals surface area contributed by atoms with Gasteiger partial charge in [-0.1, -0.05) is 47.6 Å². The molecule has 2 heterocycles. The summed E-state index contributed by atoms with van der Waals surface area (Å²) in [5, 5.41) is 6.91. The number of amides is 2. The summed E-state index contributed by atoms with van der Waals surface area (Å²) in [6.07, 6.45) is 0.713. The molecule has 2 aromatic carbocycles. The number of ether oxygens (including phenoxy) is 1. The zero-order valence-electron chi connectivity index (χ0n) is 15.7. The van der Waals surface area contributed by atoms with Gasteiger partial charge in [-0.3, -0.25) is 0 Å². The van der Waals surface area contributed by atoms with E-state index < -0.39 is 0 Å². The largest absolute Gasteiger partial charge is 0.488 e. The number of urea groups is 1. The molecule has 1 fully saturated rings. The topological polar surface area (TPSA) is 80.5 Å². The Bertz CT molecular complexity index is 942. The van der Waals surface area contributed by atoms with Crippen LogP contribution in [0.5, 0.6) is 5.75 Å². The molecular formula is C21H22N4O3. The number of nitrogens with one attached hydrogen (secondary N) is 1. The van der Waals surface area contributed by atoms with E-state index in [1.165, 1.54) is 0 Å². The molecule has 2 amide bonds. The SMILES string of the molecule is CCNC(=O)N1CCC(Oc2ccccc2-c2nc(-c3ccccc3)no2)C1. The van der Waals surface area contributed by atoms with Crippen molar-refractivity contribution in [3.05, 3.63) is 54.6 Å². The highest BCUT2D eigenvalue weighted by Gasteiger charge is 2.28. The van der Waals surface area contributed by atoms with Gasteiger partial charge in [0.1, 0.15) is 11.9 Å². The molecule has 0 aliphatic carbocycles. The van der Waals surface area contributed by atoms with Crippen molar-refractivity contribution in [3.8, 4) is 28.6 Å². The van der Waals surface area contributed by atoms with Crippen molar-refractivity contribution in [2.24, 2.45) is 0 Å². The second kappa shape index (κ2) is 8.12. The van der Waals surface area contributed by atoms with Crippen molar-refractivity contribution in [1.82, 2.24) is 20.4 Å². The minimum Gasteiger partial charge on any atom is -0.488 e. The molecule has 0 saturated carbocycles. The van der Waals surface area contributed by atoms with Gasteiger partial charge in [0.15, 0.2) is 0 Å². The fourth-order valence-electron chi connectivity index (χ4n) is 3.23. The highest BCUT2D eigenvalue weighted by Crippen LogP contribution is 2.31. The molecule has 1 aromatic heterocycles. The number of benzene rings is 2. The van der Waals surface area contributed by atoms with E-state index in [2.05, 4.69) is 15.5 Å². The fraction of sp³-hybridized carbons (Fsp3) is 0.286. The lowest BCUT2D eigenvalue weighted by atomic mass is 10.2. The number of hydrogen-bond acceptors (Lipinski definition) is 5. The number of carbonyl (C=O) groups excluding carboxylic acids is 1. The number of likely N-dealkylation sites (tertiary alicyclic amines) is 1. The van der Waals surface area contributed by atoms with Gasteiger partial charge in [-0.15, -0.1) is 0 Å². The summed E-state index contributed by atoms with van der Waals surface area (Å²) in [4.78, 5) is 18.3. The molecule has 1 aliphatic heterocycles. The standard InChI is InChI=1S/C21H22N4O3/c1-2-22-21(26)25-13-12-16(14-25)27-18-11-7-6-10-17(18)20-23-19(24-28-20)15-8-4-3-5-9-15/h3-11,16H,2,12-14H2,1H3,(H,22,26). The van der Waals surface area contributed by atoms with Gasteiger partial charge in [0.05, 0.1) is 12.1 Å². The van der Waals surface area contributed by atoms with Crippen molar-refractivity contribution < 1.29 is 14.1 Å². The third kappa shape index (κ3) is 3.83. The van der Waals surface area contributed by atoms with Crippen LogP contribution in [0.3, 0.4) is 0 Å². The molecule has 0 bridgehead atoms. The van der Waals surface area contributed by atoms with Crippen LogP contribution < -0.4 is 10.1 Å². The Balaban J connectivity index is 1.51. The van der Waals surface area contributed by atoms with Crippen LogP contribution >= 0.6 is 0 Å². The van der Waals surface area contributed by atoms with E-state index in [-0.39, 0.29) is 12.1 Å². The van der Waals surface area contributed by atoms with Crippen LogP contribution in [0.2, 0.25) is 0 Å². The Morgan fingerprint density at radius 3 is 2.82 bits per heavy atom. The first-order valence-corrected chi connectivity index (χ1v) is 9.42. The molecule has 1 N–H and O–H groups in total. The molecule has 1 atom stereocenters. The van der Waals surface area contributed by atoms with Crippen LogP contribution in [0.25, 0.3) is 22.8 Å². The number of aromatic nitrogens is 2. The maximum atomic E-state index is 12.0. The molecule has 144 valence electrons. The number of rotatable bonds is 5. The second-order valence-corrected chi connectivity index (χ2v) is 6.60. The minimum absolute atomic E-state index is 0.0497. The normalized spacial score (nSPS) is 16.2. The molecule has 0 radical (unpaired) electrons. The Morgan fingerprint density at radius 1 is 1.21 bits per heavy atom. The summed E-state index contributed by atoms with van der Waals surface area (Å²) in [5.41, 5.74) is 1.64. The Morgan fingerprint density at radius 2 is 2.00 bits per heavy atom. The molecule has 4 rings (SSSR count). The maximum Gasteiger partial charge on any atom is 0.317 e. The van der Waals surface area contributed by atoms with E-state index in [1.807, 2.05) is 61.5 Å². The summed E-state index contributed by atoms with van der Waals surface area (Å²) in [7, 11) is 0. The molecule has 3 aromatic rings. The number of para-hydroxylation sites is 1. The first-order valence-electron chi connectivity index (χ1n) is 9.42. The second-order valence-electron chi connectivity index (χ2n) is 6.60. The molecule has 1 unspecified atom stereocenters. The molecule has 28 heavy (non-hydrogen) atoms. The molecule has 0 spiro atoms. The van der Waals surface area contributed by atoms with Crippen LogP contribution in [0.4, 0.5) is 4.79 Å². The summed E-state index contributed by atoms with van der Waals surface area (Å²) < 4.78 is 11.7. The van der Waals surface area contributed by atoms with Gasteiger partial charge in [-0.2, -0.15) is 4.98 Å². The first kappa shape index (κ1) is 18.0. The summed E-state index contributed by atoms with van der Waals surface area (Å²) in [5.74, 6) is 1.62. The highest BCUT2D eigenvalue weighted by atomic mass is 16.5. The monoisotopic (exact) mass is 378 g/mol. The van der Waals surface area contributed by atoms with E-state index in [0.29, 0.717) is 37.1 Å². The average Bonchev–Trinajstić information content (AvgIpc) is 3.39. The van der Waals surface area contributed by atoms with Gasteiger partial charge in [-0.05, 0) is 19.1 Å². The Labute approximate surface area is 163 Å². The maximum absolute atomic E-state index is 12.0. The molecule has 1 aliphatic rings. The predicted molar refractivity (Wildman–Crippen MR) is 105 cm³/mol. The lowest BCUT2D eigenvalue weighted by molar-refractivity contribution is 0.187. The quantitative estimate of drug-likeness (QED) is 0.734. The third-order valence-corrected chi connectivity index (χ3v) is 4.63. The van der Waals surface area contributed by atoms with Gasteiger partial charge < -0.3 is 19.5 Å². The lowest BCUT2D eigenvalue weighted by Gasteiger charge is -2.18. The van der Waals surface area contributed by atoms with Crippen LogP contribution in [-0.2, 0) is 0 Å². The van der Waals surface area contributed by atoms with E-state index in [4.69, 9.17) is 9.26 Å². The summed E-state index contributed by atoms with van der Waals surface area (Å²) in [6, 6.07) is 17.2. The molecular weight excluding hydrogens is 356 g/mol. The predicted octanol–water partition coefficient (Wildman–Crippen LogP) is 3.59. The minimum atomic E-state index is -0.0692. The zero-order valence-corrected chi connectivity index (χ0v) is 15.7. The summed E-state index contributed by atoms with van der Waals surface area (Å²) in [6.45, 7) is 3.76. The van der Waals surface area contributed by atoms with E-state index in [0.717, 1.165) is 17.5 Å². The van der Waals surface area contributed by atoms with Crippen molar-refractivity contribution >= 4 is 6.03 Å². The van der Waals surface area contributed by atoms with Gasteiger partial charge in [0.2, 0.25) is 5.82 Å². The fourth-order valence-corrected chi connectivity index (χ4v) is 3.23. The smallest absolute Gasteiger partial charge is 0.317 e. The van der Waals surface area contributed by atoms with Crippen molar-refractivity contribution in [2.75, 3.05) is 19.6 Å². The van der Waals surface area contributed by atoms with Crippen molar-refractivity contribution in [1.29, 1.82) is 0 Å². The highest BCUT2D eigenvalue weighted by molar-refractivity contribution is 5.74. The van der Waals surface area contributed by atoms with Crippen LogP contribution in [0.1, 0.15) is 13.3 Å². The van der Waals surface area contributed by atoms with Gasteiger partial charge in [0.25, 0.3) is 5.89 Å². The number of carbonyl (C=O) groups is 1. The van der Waals surface area contributed by atoms with Crippen LogP contribution in [0.15, 0.2) is 59.1 Å². The van der Waals surface area contributed by atoms with Crippen molar-refractivity contribution in [2.45, 2.75) is 19.4 Å². The third-order valence-electron chi connectivity index (χ3n) is 4.63. The van der Waals surface area contributed by atoms with Crippen LogP contribution in [-0.4, -0.2) is 46.8 Å². The lowest BCUT2D eigenvalue weighted by Crippen LogP contribution is -2.39. The first-order chi connectivity index (χ1) is 13.7. The number of nitrogens with zero attached hydrogens (tertiary/aromatic N) is 3. The summed E-state index contributed by atoms with van der Waals surface area (Å²) >= 11 is 0. The average molecular weight is 378 g/mol. The van der Waals surface area contributed by atoms with Crippen LogP contribution in [0, 0.1) is 0 Å². The van der Waals surface area contributed by atoms with E-state index in [1.54, 1.807) is 4.90 Å². The van der Waals surface area contributed by atoms with Gasteiger partial charge in [0, 0.05) is 25.1 Å². The van der Waals surface area contributed by atoms with Gasteiger partial charge >= 0.3 is 6.03 Å². The molecule has 1 saturated heterocycles. The number of hydrogen-bond donors (Lipinski definition) is 1. The Hall–Kier alpha value is -3.35. The molecule has 7 nitrogen and oxygen atoms in total. The van der Waals surface area contributed by atoms with Gasteiger partial charge in [-0.25, -0.2) is 4.79 Å².